The molecule has 6 nitrogen and oxygen atoms in total. The molecule has 0 saturated carbocycles. The van der Waals surface area contributed by atoms with Crippen LogP contribution in [0.4, 0.5) is 4.79 Å². The zero-order valence-corrected chi connectivity index (χ0v) is 18.1. The summed E-state index contributed by atoms with van der Waals surface area (Å²) < 4.78 is 15.4. The third-order valence-corrected chi connectivity index (χ3v) is 4.58. The molecule has 1 atom stereocenters. The van der Waals surface area contributed by atoms with Crippen LogP contribution in [0.1, 0.15) is 78.6 Å². The smallest absolute Gasteiger partial charge is 0.410 e. The Bertz CT molecular complexity index is 387. The largest absolute Gasteiger partial charge is 0.464 e. The second kappa shape index (κ2) is 16.8. The Balaban J connectivity index is 4.03. The molecule has 1 unspecified atom stereocenters. The molecule has 0 rings (SSSR count). The summed E-state index contributed by atoms with van der Waals surface area (Å²) in [5, 5.41) is 0. The average molecular weight is 388 g/mol. The van der Waals surface area contributed by atoms with Crippen LogP contribution in [0.3, 0.4) is 0 Å². The number of rotatable bonds is 16. The van der Waals surface area contributed by atoms with Crippen molar-refractivity contribution in [2.24, 2.45) is 5.92 Å². The zero-order chi connectivity index (χ0) is 20.5. The monoisotopic (exact) mass is 387 g/mol. The van der Waals surface area contributed by atoms with Gasteiger partial charge in [-0.15, -0.1) is 0 Å². The topological polar surface area (TPSA) is 65.1 Å². The summed E-state index contributed by atoms with van der Waals surface area (Å²) in [4.78, 5) is 25.8. The van der Waals surface area contributed by atoms with E-state index in [0.717, 1.165) is 12.8 Å². The molecular weight excluding hydrogens is 346 g/mol. The molecule has 0 fully saturated rings. The maximum atomic E-state index is 12.4. The van der Waals surface area contributed by atoms with Gasteiger partial charge in [-0.05, 0) is 12.3 Å². The molecule has 0 N–H and O–H groups in total. The standard InChI is InChI=1S/C21H41NO5/c1-6-7-8-9-10-11-12-13-14-15-26-20(23)19(18(2)3)22(4)21(24)27-17-16-25-5/h18-19H,6-17H2,1-5H3. The van der Waals surface area contributed by atoms with E-state index in [0.29, 0.717) is 13.2 Å². The van der Waals surface area contributed by atoms with Crippen LogP contribution in [-0.2, 0) is 19.0 Å². The second-order valence-corrected chi connectivity index (χ2v) is 7.40. The molecule has 0 aromatic heterocycles. The lowest BCUT2D eigenvalue weighted by atomic mass is 10.0. The van der Waals surface area contributed by atoms with Gasteiger partial charge in [0.15, 0.2) is 0 Å². The van der Waals surface area contributed by atoms with Gasteiger partial charge in [0.05, 0.1) is 13.2 Å². The molecule has 160 valence electrons. The van der Waals surface area contributed by atoms with Crippen LogP contribution in [0.5, 0.6) is 0 Å². The van der Waals surface area contributed by atoms with Gasteiger partial charge in [-0.1, -0.05) is 72.1 Å². The highest BCUT2D eigenvalue weighted by molar-refractivity contribution is 5.81. The third kappa shape index (κ3) is 12.7. The molecule has 0 heterocycles. The van der Waals surface area contributed by atoms with Crippen LogP contribution >= 0.6 is 0 Å². The first-order chi connectivity index (χ1) is 13.0. The second-order valence-electron chi connectivity index (χ2n) is 7.40. The van der Waals surface area contributed by atoms with Crippen LogP contribution in [0.2, 0.25) is 0 Å². The Morgan fingerprint density at radius 3 is 1.89 bits per heavy atom. The highest BCUT2D eigenvalue weighted by atomic mass is 16.6. The number of hydrogen-bond acceptors (Lipinski definition) is 5. The van der Waals surface area contributed by atoms with Gasteiger partial charge in [0.1, 0.15) is 12.6 Å². The summed E-state index contributed by atoms with van der Waals surface area (Å²) >= 11 is 0. The van der Waals surface area contributed by atoms with E-state index >= 15 is 0 Å². The van der Waals surface area contributed by atoms with Gasteiger partial charge in [0.2, 0.25) is 0 Å². The number of ether oxygens (including phenoxy) is 3. The fourth-order valence-corrected chi connectivity index (χ4v) is 2.98. The first-order valence-corrected chi connectivity index (χ1v) is 10.5. The lowest BCUT2D eigenvalue weighted by Crippen LogP contribution is -2.47. The Hall–Kier alpha value is -1.30. The first kappa shape index (κ1) is 25.7. The summed E-state index contributed by atoms with van der Waals surface area (Å²) in [6.07, 6.45) is 10.4. The summed E-state index contributed by atoms with van der Waals surface area (Å²) in [7, 11) is 3.11. The van der Waals surface area contributed by atoms with Crippen molar-refractivity contribution < 1.29 is 23.8 Å². The molecule has 0 aliphatic rings. The number of likely N-dealkylation sites (N-methyl/N-ethyl adjacent to an activating group) is 1. The van der Waals surface area contributed by atoms with Gasteiger partial charge in [-0.3, -0.25) is 4.90 Å². The van der Waals surface area contributed by atoms with Crippen LogP contribution in [0, 0.1) is 5.92 Å². The van der Waals surface area contributed by atoms with Crippen molar-refractivity contribution in [2.45, 2.75) is 84.6 Å². The third-order valence-electron chi connectivity index (χ3n) is 4.58. The number of amides is 1. The summed E-state index contributed by atoms with van der Waals surface area (Å²) in [5.74, 6) is -0.420. The normalized spacial score (nSPS) is 12.1. The first-order valence-electron chi connectivity index (χ1n) is 10.5. The number of carbonyl (C=O) groups is 2. The number of unbranched alkanes of at least 4 members (excludes halogenated alkanes) is 8. The van der Waals surface area contributed by atoms with Gasteiger partial charge >= 0.3 is 12.1 Å². The van der Waals surface area contributed by atoms with E-state index in [-0.39, 0.29) is 18.5 Å². The Kier molecular flexibility index (Phi) is 16.0. The van der Waals surface area contributed by atoms with E-state index < -0.39 is 12.1 Å². The fourth-order valence-electron chi connectivity index (χ4n) is 2.98. The maximum absolute atomic E-state index is 12.4. The van der Waals surface area contributed by atoms with Gasteiger partial charge < -0.3 is 14.2 Å². The van der Waals surface area contributed by atoms with Gasteiger partial charge in [-0.25, -0.2) is 9.59 Å². The molecule has 0 aromatic carbocycles. The zero-order valence-electron chi connectivity index (χ0n) is 18.1. The van der Waals surface area contributed by atoms with Crippen molar-refractivity contribution in [2.75, 3.05) is 34.0 Å². The number of hydrogen-bond donors (Lipinski definition) is 0. The molecule has 27 heavy (non-hydrogen) atoms. The lowest BCUT2D eigenvalue weighted by Gasteiger charge is -2.28. The minimum Gasteiger partial charge on any atom is -0.464 e. The summed E-state index contributed by atoms with van der Waals surface area (Å²) in [5.41, 5.74) is 0. The predicted molar refractivity (Wildman–Crippen MR) is 108 cm³/mol. The highest BCUT2D eigenvalue weighted by Gasteiger charge is 2.32. The van der Waals surface area contributed by atoms with Crippen molar-refractivity contribution in [3.8, 4) is 0 Å². The quantitative estimate of drug-likeness (QED) is 0.281. The molecule has 0 saturated heterocycles. The van der Waals surface area contributed by atoms with E-state index in [1.54, 1.807) is 7.05 Å². The minimum absolute atomic E-state index is 0.0550. The SMILES string of the molecule is CCCCCCCCCCCOC(=O)C(C(C)C)N(C)C(=O)OCCOC. The van der Waals surface area contributed by atoms with Gasteiger partial charge in [0, 0.05) is 14.2 Å². The van der Waals surface area contributed by atoms with Crippen LogP contribution < -0.4 is 0 Å². The number of carbonyl (C=O) groups excluding carboxylic acids is 2. The van der Waals surface area contributed by atoms with Crippen molar-refractivity contribution in [1.29, 1.82) is 0 Å². The molecule has 0 aromatic rings. The predicted octanol–water partition coefficient (Wildman–Crippen LogP) is 4.80. The molecule has 0 aliphatic carbocycles. The molecular formula is C21H41NO5. The number of nitrogens with zero attached hydrogens (tertiary/aromatic N) is 1. The van der Waals surface area contributed by atoms with Crippen LogP contribution in [0.15, 0.2) is 0 Å². The van der Waals surface area contributed by atoms with E-state index in [1.807, 2.05) is 13.8 Å². The van der Waals surface area contributed by atoms with Crippen molar-refractivity contribution in [1.82, 2.24) is 4.90 Å². The number of esters is 1. The van der Waals surface area contributed by atoms with Crippen molar-refractivity contribution in [3.63, 3.8) is 0 Å². The molecule has 6 heteroatoms. The lowest BCUT2D eigenvalue weighted by molar-refractivity contribution is -0.150. The van der Waals surface area contributed by atoms with Crippen LogP contribution in [-0.4, -0.2) is 57.0 Å². The summed E-state index contributed by atoms with van der Waals surface area (Å²) in [6.45, 7) is 6.91. The van der Waals surface area contributed by atoms with E-state index in [1.165, 1.54) is 57.0 Å². The fraction of sp³-hybridized carbons (Fsp3) is 0.905. The van der Waals surface area contributed by atoms with Gasteiger partial charge in [0.25, 0.3) is 0 Å². The average Bonchev–Trinajstić information content (AvgIpc) is 2.63. The molecule has 0 bridgehead atoms. The van der Waals surface area contributed by atoms with Crippen molar-refractivity contribution in [3.05, 3.63) is 0 Å². The molecule has 0 spiro atoms. The summed E-state index contributed by atoms with van der Waals surface area (Å²) in [6, 6.07) is -0.640. The minimum atomic E-state index is -0.640. The number of methoxy groups -OCH3 is 1. The molecule has 0 radical (unpaired) electrons. The Labute approximate surface area is 165 Å². The maximum Gasteiger partial charge on any atom is 0.410 e. The van der Waals surface area contributed by atoms with Crippen molar-refractivity contribution >= 4 is 12.1 Å². The van der Waals surface area contributed by atoms with E-state index in [4.69, 9.17) is 14.2 Å². The molecule has 1 amide bonds. The Morgan fingerprint density at radius 1 is 0.815 bits per heavy atom. The highest BCUT2D eigenvalue weighted by Crippen LogP contribution is 2.14. The van der Waals surface area contributed by atoms with E-state index in [9.17, 15) is 9.59 Å². The van der Waals surface area contributed by atoms with E-state index in [2.05, 4.69) is 6.92 Å². The van der Waals surface area contributed by atoms with Crippen LogP contribution in [0.25, 0.3) is 0 Å². The molecule has 0 aliphatic heterocycles. The van der Waals surface area contributed by atoms with Gasteiger partial charge in [-0.2, -0.15) is 0 Å². The Morgan fingerprint density at radius 2 is 1.37 bits per heavy atom.